The summed E-state index contributed by atoms with van der Waals surface area (Å²) < 4.78 is 6.70. The minimum absolute atomic E-state index is 0.00528. The van der Waals surface area contributed by atoms with Crippen LogP contribution in [0.5, 0.6) is 0 Å². The zero-order chi connectivity index (χ0) is 48.6. The van der Waals surface area contributed by atoms with Crippen LogP contribution in [0, 0.1) is 6.92 Å². The molecule has 9 aromatic rings. The molecule has 4 aliphatic rings. The molecule has 3 heterocycles. The first-order valence-electron chi connectivity index (χ1n) is 25.6. The lowest BCUT2D eigenvalue weighted by Gasteiger charge is -2.48. The van der Waals surface area contributed by atoms with E-state index in [9.17, 15) is 0 Å². The summed E-state index contributed by atoms with van der Waals surface area (Å²) in [6.45, 7) is 28.9. The number of para-hydroxylation sites is 1. The van der Waals surface area contributed by atoms with Crippen molar-refractivity contribution in [1.29, 1.82) is 0 Å². The van der Waals surface area contributed by atoms with Crippen molar-refractivity contribution in [2.75, 3.05) is 9.80 Å². The monoisotopic (exact) mass is 911 g/mol. The first-order chi connectivity index (χ1) is 33.3. The van der Waals surface area contributed by atoms with Gasteiger partial charge in [-0.05, 0) is 151 Å². The highest BCUT2D eigenvalue weighted by atomic mass is 16.3. The van der Waals surface area contributed by atoms with E-state index in [1.165, 1.54) is 100 Å². The predicted molar refractivity (Wildman–Crippen MR) is 298 cm³/mol. The van der Waals surface area contributed by atoms with E-state index in [2.05, 4.69) is 245 Å². The highest BCUT2D eigenvalue weighted by molar-refractivity contribution is 7.00. The number of hydrogen-bond acceptors (Lipinski definition) is 3. The second-order valence-corrected chi connectivity index (χ2v) is 24.6. The van der Waals surface area contributed by atoms with Gasteiger partial charge in [-0.3, -0.25) is 0 Å². The van der Waals surface area contributed by atoms with E-state index in [0.717, 1.165) is 34.0 Å². The van der Waals surface area contributed by atoms with Crippen molar-refractivity contribution < 1.29 is 4.42 Å². The number of anilines is 6. The summed E-state index contributed by atoms with van der Waals surface area (Å²) in [5.74, 6) is 0. The molecular formula is C66H63BN2O. The van der Waals surface area contributed by atoms with Crippen LogP contribution >= 0.6 is 0 Å². The largest absolute Gasteiger partial charge is 0.456 e. The van der Waals surface area contributed by atoms with Crippen LogP contribution in [0.2, 0.25) is 0 Å². The van der Waals surface area contributed by atoms with Gasteiger partial charge in [-0.2, -0.15) is 0 Å². The van der Waals surface area contributed by atoms with Gasteiger partial charge in [0.1, 0.15) is 11.2 Å². The lowest BCUT2D eigenvalue weighted by molar-refractivity contribution is 0.403. The first-order valence-corrected chi connectivity index (χ1v) is 25.6. The molecule has 8 aromatic carbocycles. The van der Waals surface area contributed by atoms with Crippen LogP contribution in [0.25, 0.3) is 33.1 Å². The van der Waals surface area contributed by atoms with Crippen LogP contribution in [0.4, 0.5) is 34.1 Å². The summed E-state index contributed by atoms with van der Waals surface area (Å²) in [5, 5.41) is 2.27. The minimum atomic E-state index is -0.237. The fourth-order valence-corrected chi connectivity index (χ4v) is 14.0. The van der Waals surface area contributed by atoms with Crippen LogP contribution in [-0.4, -0.2) is 6.71 Å². The van der Waals surface area contributed by atoms with Gasteiger partial charge in [0.15, 0.2) is 0 Å². The number of aryl methyl sites for hydroxylation is 1. The van der Waals surface area contributed by atoms with Crippen LogP contribution in [0.3, 0.4) is 0 Å². The lowest BCUT2D eigenvalue weighted by atomic mass is 9.32. The van der Waals surface area contributed by atoms with Gasteiger partial charge in [0.05, 0.1) is 16.8 Å². The number of fused-ring (bicyclic) bond motifs is 10. The van der Waals surface area contributed by atoms with Crippen molar-refractivity contribution in [3.63, 3.8) is 0 Å². The summed E-state index contributed by atoms with van der Waals surface area (Å²) in [5.41, 5.74) is 26.3. The Kier molecular flexibility index (Phi) is 8.77. The zero-order valence-electron chi connectivity index (χ0n) is 43.0. The average Bonchev–Trinajstić information content (AvgIpc) is 3.79. The molecule has 3 nitrogen and oxygen atoms in total. The Balaban J connectivity index is 1.20. The molecule has 0 bridgehead atoms. The molecule has 0 saturated heterocycles. The Morgan fingerprint density at radius 3 is 1.67 bits per heavy atom. The number of hydrogen-bond donors (Lipinski definition) is 0. The number of rotatable bonds is 3. The van der Waals surface area contributed by atoms with Gasteiger partial charge in [0.2, 0.25) is 0 Å². The predicted octanol–water partition coefficient (Wildman–Crippen LogP) is 15.9. The average molecular weight is 911 g/mol. The highest BCUT2D eigenvalue weighted by Gasteiger charge is 2.50. The second kappa shape index (κ2) is 14.2. The van der Waals surface area contributed by atoms with E-state index in [-0.39, 0.29) is 33.8 Å². The summed E-state index contributed by atoms with van der Waals surface area (Å²) in [6.07, 6.45) is 1.10. The van der Waals surface area contributed by atoms with Gasteiger partial charge >= 0.3 is 0 Å². The van der Waals surface area contributed by atoms with Crippen LogP contribution in [0.1, 0.15) is 127 Å². The van der Waals surface area contributed by atoms with Crippen molar-refractivity contribution >= 4 is 79.2 Å². The molecule has 4 heteroatoms. The van der Waals surface area contributed by atoms with Gasteiger partial charge in [-0.25, -0.2) is 0 Å². The molecule has 0 spiro atoms. The van der Waals surface area contributed by atoms with Gasteiger partial charge < -0.3 is 14.2 Å². The fraction of sp³-hybridized carbons (Fsp3) is 0.273. The summed E-state index contributed by atoms with van der Waals surface area (Å²) in [7, 11) is 0. The second-order valence-electron chi connectivity index (χ2n) is 24.6. The normalized spacial score (nSPS) is 17.5. The highest BCUT2D eigenvalue weighted by Crippen LogP contribution is 2.56. The summed E-state index contributed by atoms with van der Waals surface area (Å²) >= 11 is 0. The van der Waals surface area contributed by atoms with E-state index in [0.29, 0.717) is 0 Å². The molecule has 0 unspecified atom stereocenters. The molecule has 1 aromatic heterocycles. The van der Waals surface area contributed by atoms with Crippen molar-refractivity contribution in [3.05, 3.63) is 196 Å². The molecule has 0 amide bonds. The van der Waals surface area contributed by atoms with Crippen molar-refractivity contribution in [3.8, 4) is 11.1 Å². The van der Waals surface area contributed by atoms with Crippen LogP contribution in [-0.2, 0) is 27.1 Å². The molecule has 0 N–H and O–H groups in total. The summed E-state index contributed by atoms with van der Waals surface area (Å²) in [6, 6.07) is 58.3. The van der Waals surface area contributed by atoms with Crippen LogP contribution in [0.15, 0.2) is 156 Å². The van der Waals surface area contributed by atoms with Gasteiger partial charge in [-0.15, -0.1) is 0 Å². The molecule has 13 rings (SSSR count). The lowest BCUT2D eigenvalue weighted by Crippen LogP contribution is -2.62. The molecule has 0 radical (unpaired) electrons. The third-order valence-electron chi connectivity index (χ3n) is 17.3. The van der Waals surface area contributed by atoms with E-state index in [1.807, 2.05) is 0 Å². The van der Waals surface area contributed by atoms with Gasteiger partial charge in [0, 0.05) is 44.5 Å². The first kappa shape index (κ1) is 43.3. The van der Waals surface area contributed by atoms with Crippen molar-refractivity contribution in [2.45, 2.75) is 117 Å². The smallest absolute Gasteiger partial charge is 0.252 e. The van der Waals surface area contributed by atoms with Crippen LogP contribution < -0.4 is 26.2 Å². The molecule has 346 valence electrons. The van der Waals surface area contributed by atoms with Gasteiger partial charge in [-0.1, -0.05) is 173 Å². The van der Waals surface area contributed by atoms with Crippen molar-refractivity contribution in [2.24, 2.45) is 0 Å². The molecule has 70 heavy (non-hydrogen) atoms. The Bertz CT molecular complexity index is 3710. The fourth-order valence-electron chi connectivity index (χ4n) is 14.0. The summed E-state index contributed by atoms with van der Waals surface area (Å²) in [4.78, 5) is 5.31. The Hall–Kier alpha value is -6.78. The van der Waals surface area contributed by atoms with E-state index < -0.39 is 0 Å². The van der Waals surface area contributed by atoms with E-state index in [1.54, 1.807) is 0 Å². The topological polar surface area (TPSA) is 19.6 Å². The molecule has 0 fully saturated rings. The molecular weight excluding hydrogens is 848 g/mol. The number of nitrogens with zero attached hydrogens (tertiary/aromatic N) is 2. The zero-order valence-corrected chi connectivity index (χ0v) is 43.0. The number of furan rings is 1. The SMILES string of the molecule is Cc1cc2c3c(c1)N(c1cccc4oc5ccccc5c14)c1cc4c(cc1B3c1cc3c(cc1N2c1ccc(C(C)(C)C)cc1-c1ccccc1)C(C)(C)CC3(C)C)C(C)(C)c1ccccc1C4(C)C. The maximum atomic E-state index is 6.70. The van der Waals surface area contributed by atoms with Crippen molar-refractivity contribution in [1.82, 2.24) is 0 Å². The molecule has 0 saturated carbocycles. The Morgan fingerprint density at radius 1 is 0.471 bits per heavy atom. The van der Waals surface area contributed by atoms with E-state index >= 15 is 0 Å². The maximum Gasteiger partial charge on any atom is 0.252 e. The Morgan fingerprint density at radius 2 is 1.01 bits per heavy atom. The maximum absolute atomic E-state index is 6.70. The molecule has 2 aliphatic carbocycles. The standard InChI is InChI=1S/C66H63BN2O/c1-39-31-56-61-57(32-39)69(53-26-20-28-59-60(53)42-23-16-19-27-58(42)70-59)55-37-49-48(65(9,10)44-24-17-18-25-45(44)66(49,11)12)35-51(55)67(61)50-34-46-47(64(7,8)38-63(46,5)6)36-54(50)68(56)52-30-29-41(62(2,3)4)33-43(52)40-21-14-13-15-22-40/h13-37H,38H2,1-12H3. The quantitative estimate of drug-likeness (QED) is 0.165. The molecule has 0 atom stereocenters. The third kappa shape index (κ3) is 5.89. The minimum Gasteiger partial charge on any atom is -0.456 e. The Labute approximate surface area is 415 Å². The third-order valence-corrected chi connectivity index (χ3v) is 17.3. The van der Waals surface area contributed by atoms with E-state index in [4.69, 9.17) is 4.42 Å². The van der Waals surface area contributed by atoms with Gasteiger partial charge in [0.25, 0.3) is 6.71 Å². The molecule has 2 aliphatic heterocycles. The number of benzene rings is 8.